The van der Waals surface area contributed by atoms with Crippen LogP contribution in [0.3, 0.4) is 0 Å². The molecule has 0 saturated carbocycles. The van der Waals surface area contributed by atoms with Crippen molar-refractivity contribution in [2.45, 2.75) is 206 Å². The maximum atomic E-state index is 13.4. The Kier molecular flexibility index (Phi) is 23.9. The van der Waals surface area contributed by atoms with Crippen molar-refractivity contribution < 1.29 is 71.8 Å². The van der Waals surface area contributed by atoms with E-state index >= 15 is 0 Å². The lowest BCUT2D eigenvalue weighted by atomic mass is 9.94. The van der Waals surface area contributed by atoms with E-state index in [1.807, 2.05) is 0 Å². The van der Waals surface area contributed by atoms with E-state index in [2.05, 4.69) is 12.2 Å². The largest absolute Gasteiger partial charge is 0.463 e. The molecule has 17 heteroatoms. The lowest BCUT2D eigenvalue weighted by molar-refractivity contribution is -0.335. The summed E-state index contributed by atoms with van der Waals surface area (Å²) in [6, 6.07) is -2.67. The number of hydrogen-bond donors (Lipinski definition) is 3. The topological polar surface area (TPSA) is 235 Å². The number of carbonyl (C=O) groups is 6. The number of nitrogens with one attached hydrogen (secondary N) is 1. The molecule has 0 radical (unpaired) electrons. The predicted molar refractivity (Wildman–Crippen MR) is 204 cm³/mol. The fourth-order valence-electron chi connectivity index (χ4n) is 7.01. The average molecular weight is 817 g/mol. The molecule has 2 aliphatic heterocycles. The van der Waals surface area contributed by atoms with Crippen molar-refractivity contribution in [3.8, 4) is 0 Å². The van der Waals surface area contributed by atoms with E-state index in [9.17, 15) is 33.9 Å². The summed E-state index contributed by atoms with van der Waals surface area (Å²) in [4.78, 5) is 73.6. The summed E-state index contributed by atoms with van der Waals surface area (Å²) in [5.74, 6) is -4.17. The summed E-state index contributed by atoms with van der Waals surface area (Å²) in [6.07, 6.45) is 5.78. The van der Waals surface area contributed by atoms with Crippen LogP contribution in [0.4, 0.5) is 0 Å². The van der Waals surface area contributed by atoms with Crippen LogP contribution in [0.15, 0.2) is 0 Å². The first-order chi connectivity index (χ1) is 27.1. The van der Waals surface area contributed by atoms with E-state index in [1.165, 1.54) is 71.1 Å². The van der Waals surface area contributed by atoms with Crippen LogP contribution in [0.25, 0.3) is 0 Å². The molecule has 2 rings (SSSR count). The maximum absolute atomic E-state index is 13.4. The van der Waals surface area contributed by atoms with Gasteiger partial charge in [0.1, 0.15) is 37.6 Å². The van der Waals surface area contributed by atoms with E-state index < -0.39 is 110 Å². The Morgan fingerprint density at radius 2 is 1.04 bits per heavy atom. The minimum atomic E-state index is -1.75. The summed E-state index contributed by atoms with van der Waals surface area (Å²) >= 11 is 0. The molecule has 2 fully saturated rings. The second-order valence-corrected chi connectivity index (χ2v) is 14.9. The number of aliphatic hydroxyl groups excluding tert-OH is 1. The van der Waals surface area contributed by atoms with Gasteiger partial charge in [-0.2, -0.15) is 0 Å². The number of aliphatic hydroxyl groups is 1. The van der Waals surface area contributed by atoms with Gasteiger partial charge in [-0.25, -0.2) is 0 Å². The first kappa shape index (κ1) is 49.8. The number of esters is 5. The molecule has 0 aromatic rings. The number of nitrogens with two attached hydrogens (primary N) is 1. The molecule has 1 amide bonds. The Morgan fingerprint density at radius 3 is 1.49 bits per heavy atom. The Labute approximate surface area is 337 Å². The Balaban J connectivity index is 2.18. The highest BCUT2D eigenvalue weighted by Crippen LogP contribution is 2.33. The number of ether oxygens (including phenoxy) is 8. The average Bonchev–Trinajstić information content (AvgIpc) is 3.13. The molecule has 2 saturated heterocycles. The normalized spacial score (nSPS) is 27.2. The number of hydrogen-bond acceptors (Lipinski definition) is 16. The lowest BCUT2D eigenvalue weighted by Crippen LogP contribution is -2.69. The molecule has 2 aliphatic rings. The van der Waals surface area contributed by atoms with Crippen LogP contribution in [0, 0.1) is 0 Å². The minimum absolute atomic E-state index is 0.0230. The molecule has 0 spiro atoms. The predicted octanol–water partition coefficient (Wildman–Crippen LogP) is 3.81. The Bertz CT molecular complexity index is 1250. The first-order valence-electron chi connectivity index (χ1n) is 20.6. The molecular weight excluding hydrogens is 748 g/mol. The van der Waals surface area contributed by atoms with Crippen LogP contribution in [-0.2, 0) is 66.7 Å². The SMILES string of the molecule is CCCCCCCCCCCCCCCCCC(=O)O[C@H]1[C@H](OC2O[C@H](COC(C)=O)[C@H](OC(C)=O)[C@H](N)[C@H]2OC(C)=O)[C@@H](COC(C)=O)OC(O)[C@@H]1NC(C)=O. The van der Waals surface area contributed by atoms with Crippen molar-refractivity contribution in [2.75, 3.05) is 13.2 Å². The number of unbranched alkanes of at least 4 members (excludes halogenated alkanes) is 14. The molecule has 17 nitrogen and oxygen atoms in total. The number of rotatable bonds is 26. The second-order valence-electron chi connectivity index (χ2n) is 14.9. The van der Waals surface area contributed by atoms with Crippen LogP contribution in [0.2, 0.25) is 0 Å². The van der Waals surface area contributed by atoms with Gasteiger partial charge in [-0.15, -0.1) is 0 Å². The third-order valence-electron chi connectivity index (χ3n) is 9.79. The van der Waals surface area contributed by atoms with Crippen LogP contribution in [-0.4, -0.2) is 115 Å². The van der Waals surface area contributed by atoms with Gasteiger partial charge in [-0.1, -0.05) is 96.8 Å². The summed E-state index contributed by atoms with van der Waals surface area (Å²) in [5, 5.41) is 13.6. The van der Waals surface area contributed by atoms with Crippen molar-refractivity contribution >= 4 is 35.8 Å². The van der Waals surface area contributed by atoms with Gasteiger partial charge >= 0.3 is 29.8 Å². The maximum Gasteiger partial charge on any atom is 0.306 e. The molecule has 0 aromatic heterocycles. The molecule has 0 aliphatic carbocycles. The van der Waals surface area contributed by atoms with Crippen LogP contribution in [0.5, 0.6) is 0 Å². The zero-order chi connectivity index (χ0) is 42.3. The van der Waals surface area contributed by atoms with Gasteiger partial charge in [0, 0.05) is 41.0 Å². The van der Waals surface area contributed by atoms with E-state index in [4.69, 9.17) is 43.6 Å². The van der Waals surface area contributed by atoms with Crippen molar-refractivity contribution in [1.82, 2.24) is 5.32 Å². The van der Waals surface area contributed by atoms with Gasteiger partial charge in [-0.05, 0) is 6.42 Å². The van der Waals surface area contributed by atoms with Gasteiger partial charge < -0.3 is 54.1 Å². The van der Waals surface area contributed by atoms with Gasteiger partial charge in [-0.3, -0.25) is 28.8 Å². The summed E-state index contributed by atoms with van der Waals surface area (Å²) in [7, 11) is 0. The minimum Gasteiger partial charge on any atom is -0.463 e. The van der Waals surface area contributed by atoms with Crippen molar-refractivity contribution in [3.63, 3.8) is 0 Å². The van der Waals surface area contributed by atoms with Crippen LogP contribution < -0.4 is 11.1 Å². The molecule has 57 heavy (non-hydrogen) atoms. The monoisotopic (exact) mass is 816 g/mol. The molecule has 328 valence electrons. The second kappa shape index (κ2) is 27.3. The van der Waals surface area contributed by atoms with E-state index in [1.54, 1.807) is 0 Å². The quantitative estimate of drug-likeness (QED) is 0.0640. The standard InChI is InChI=1S/C40H68N2O15/c1-7-8-9-10-11-12-13-14-15-16-17-18-19-20-21-22-32(48)56-38-34(42-25(2)43)39(49)54-31(24-51-27(4)45)36(38)57-40-37(53-29(6)47)33(41)35(52-28(5)46)30(55-40)23-50-26(3)44/h30-31,33-40,49H,7-24,41H2,1-6H3,(H,42,43)/t30-,31-,33+,34-,35+,36-,37-,38-,39?,40?/m1/s1. The third-order valence-corrected chi connectivity index (χ3v) is 9.79. The highest BCUT2D eigenvalue weighted by molar-refractivity contribution is 5.74. The molecule has 0 bridgehead atoms. The molecular formula is C40H68N2O15. The molecule has 2 heterocycles. The van der Waals surface area contributed by atoms with Crippen LogP contribution >= 0.6 is 0 Å². The Hall–Kier alpha value is -3.38. The van der Waals surface area contributed by atoms with Gasteiger partial charge in [0.15, 0.2) is 30.9 Å². The van der Waals surface area contributed by atoms with Gasteiger partial charge in [0.25, 0.3) is 0 Å². The van der Waals surface area contributed by atoms with Crippen molar-refractivity contribution in [1.29, 1.82) is 0 Å². The van der Waals surface area contributed by atoms with E-state index in [0.29, 0.717) is 6.42 Å². The fraction of sp³-hybridized carbons (Fsp3) is 0.850. The number of amides is 1. The molecule has 0 aromatic carbocycles. The fourth-order valence-corrected chi connectivity index (χ4v) is 7.01. The smallest absolute Gasteiger partial charge is 0.306 e. The highest BCUT2D eigenvalue weighted by atomic mass is 16.7. The zero-order valence-electron chi connectivity index (χ0n) is 34.7. The zero-order valence-corrected chi connectivity index (χ0v) is 34.7. The first-order valence-corrected chi connectivity index (χ1v) is 20.6. The lowest BCUT2D eigenvalue weighted by Gasteiger charge is -2.48. The third kappa shape index (κ3) is 19.3. The summed E-state index contributed by atoms with van der Waals surface area (Å²) in [6.45, 7) is 7.02. The summed E-state index contributed by atoms with van der Waals surface area (Å²) in [5.41, 5.74) is 6.49. The molecule has 4 N–H and O–H groups in total. The van der Waals surface area contributed by atoms with Crippen LogP contribution in [0.1, 0.15) is 144 Å². The molecule has 10 atom stereocenters. The van der Waals surface area contributed by atoms with Crippen molar-refractivity contribution in [3.05, 3.63) is 0 Å². The van der Waals surface area contributed by atoms with Crippen molar-refractivity contribution in [2.24, 2.45) is 5.73 Å². The molecule has 2 unspecified atom stereocenters. The number of carbonyl (C=O) groups excluding carboxylic acids is 6. The Morgan fingerprint density at radius 1 is 0.579 bits per heavy atom. The highest BCUT2D eigenvalue weighted by Gasteiger charge is 2.55. The van der Waals surface area contributed by atoms with E-state index in [-0.39, 0.29) is 6.42 Å². The van der Waals surface area contributed by atoms with Gasteiger partial charge in [0.2, 0.25) is 5.91 Å². The summed E-state index contributed by atoms with van der Waals surface area (Å²) < 4.78 is 45.3. The van der Waals surface area contributed by atoms with E-state index in [0.717, 1.165) is 53.4 Å². The van der Waals surface area contributed by atoms with Gasteiger partial charge in [0.05, 0.1) is 6.04 Å².